The number of hydrogen-bond acceptors (Lipinski definition) is 3. The molecule has 134 valence electrons. The van der Waals surface area contributed by atoms with Gasteiger partial charge < -0.3 is 15.4 Å². The maximum Gasteiger partial charge on any atom is 0.224 e. The van der Waals surface area contributed by atoms with Crippen molar-refractivity contribution in [2.24, 2.45) is 0 Å². The molecular formula is C21H28N2O2. The van der Waals surface area contributed by atoms with Crippen molar-refractivity contribution in [3.8, 4) is 5.75 Å². The molecule has 0 saturated carbocycles. The Kier molecular flexibility index (Phi) is 7.02. The third kappa shape index (κ3) is 5.61. The molecule has 1 amide bonds. The summed E-state index contributed by atoms with van der Waals surface area (Å²) in [6.45, 7) is 7.73. The van der Waals surface area contributed by atoms with E-state index in [1.165, 1.54) is 11.1 Å². The Morgan fingerprint density at radius 3 is 2.16 bits per heavy atom. The van der Waals surface area contributed by atoms with E-state index in [0.717, 1.165) is 42.1 Å². The van der Waals surface area contributed by atoms with Crippen molar-refractivity contribution in [1.82, 2.24) is 5.32 Å². The molecular weight excluding hydrogens is 312 g/mol. The van der Waals surface area contributed by atoms with Crippen molar-refractivity contribution in [1.29, 1.82) is 0 Å². The van der Waals surface area contributed by atoms with E-state index in [0.29, 0.717) is 6.42 Å². The highest BCUT2D eigenvalue weighted by Crippen LogP contribution is 2.24. The fourth-order valence-electron chi connectivity index (χ4n) is 2.97. The van der Waals surface area contributed by atoms with E-state index in [9.17, 15) is 4.79 Å². The average molecular weight is 340 g/mol. The molecule has 0 bridgehead atoms. The van der Waals surface area contributed by atoms with Crippen LogP contribution in [0.2, 0.25) is 0 Å². The molecule has 0 unspecified atom stereocenters. The summed E-state index contributed by atoms with van der Waals surface area (Å²) >= 11 is 0. The number of carbonyl (C=O) groups excluding carboxylic acids is 1. The predicted molar refractivity (Wildman–Crippen MR) is 103 cm³/mol. The third-order valence-electron chi connectivity index (χ3n) is 4.10. The van der Waals surface area contributed by atoms with Crippen molar-refractivity contribution >= 4 is 11.6 Å². The van der Waals surface area contributed by atoms with Gasteiger partial charge in [0, 0.05) is 25.2 Å². The number of nitrogens with one attached hydrogen (secondary N) is 2. The van der Waals surface area contributed by atoms with Crippen molar-refractivity contribution in [3.63, 3.8) is 0 Å². The summed E-state index contributed by atoms with van der Waals surface area (Å²) in [5.41, 5.74) is 5.61. The van der Waals surface area contributed by atoms with Crippen LogP contribution in [0, 0.1) is 13.8 Å². The van der Waals surface area contributed by atoms with Gasteiger partial charge in [0.1, 0.15) is 5.75 Å². The van der Waals surface area contributed by atoms with E-state index in [4.69, 9.17) is 4.74 Å². The first kappa shape index (κ1) is 19.0. The molecule has 0 aliphatic rings. The molecule has 0 spiro atoms. The molecule has 2 rings (SSSR count). The molecule has 0 heterocycles. The Morgan fingerprint density at radius 2 is 1.60 bits per heavy atom. The molecule has 25 heavy (non-hydrogen) atoms. The topological polar surface area (TPSA) is 50.4 Å². The normalized spacial score (nSPS) is 10.6. The van der Waals surface area contributed by atoms with E-state index in [1.807, 2.05) is 31.2 Å². The molecule has 2 aromatic rings. The fraction of sp³-hybridized carbons (Fsp3) is 0.381. The number of benzene rings is 2. The second-order valence-electron chi connectivity index (χ2n) is 6.36. The maximum absolute atomic E-state index is 11.6. The van der Waals surface area contributed by atoms with Crippen LogP contribution in [0.5, 0.6) is 5.75 Å². The van der Waals surface area contributed by atoms with E-state index in [2.05, 4.69) is 36.6 Å². The monoisotopic (exact) mass is 340 g/mol. The predicted octanol–water partition coefficient (Wildman–Crippen LogP) is 4.34. The average Bonchev–Trinajstić information content (AvgIpc) is 2.56. The van der Waals surface area contributed by atoms with Gasteiger partial charge >= 0.3 is 0 Å². The quantitative estimate of drug-likeness (QED) is 0.751. The van der Waals surface area contributed by atoms with Crippen molar-refractivity contribution < 1.29 is 9.53 Å². The molecule has 0 aromatic heterocycles. The molecule has 0 saturated heterocycles. The number of carbonyl (C=O) groups is 1. The minimum Gasteiger partial charge on any atom is -0.496 e. The summed E-state index contributed by atoms with van der Waals surface area (Å²) in [5.74, 6) is 1.03. The first-order chi connectivity index (χ1) is 12.0. The molecule has 0 aliphatic heterocycles. The Hall–Kier alpha value is -2.33. The van der Waals surface area contributed by atoms with Gasteiger partial charge in [-0.25, -0.2) is 0 Å². The Morgan fingerprint density at radius 1 is 1.00 bits per heavy atom. The van der Waals surface area contributed by atoms with Gasteiger partial charge in [0.25, 0.3) is 0 Å². The molecule has 4 nitrogen and oxygen atoms in total. The van der Waals surface area contributed by atoms with Crippen LogP contribution in [0.15, 0.2) is 36.4 Å². The number of anilines is 1. The SMILES string of the molecule is CCCC(=O)Nc1ccc(CNCc2cc(C)c(OC)c(C)c2)cc1. The lowest BCUT2D eigenvalue weighted by Gasteiger charge is -2.12. The lowest BCUT2D eigenvalue weighted by atomic mass is 10.1. The number of aryl methyl sites for hydroxylation is 2. The third-order valence-corrected chi connectivity index (χ3v) is 4.10. The largest absolute Gasteiger partial charge is 0.496 e. The lowest BCUT2D eigenvalue weighted by Crippen LogP contribution is -2.13. The van der Waals surface area contributed by atoms with Crippen LogP contribution in [0.3, 0.4) is 0 Å². The first-order valence-corrected chi connectivity index (χ1v) is 8.77. The van der Waals surface area contributed by atoms with E-state index in [1.54, 1.807) is 7.11 Å². The van der Waals surface area contributed by atoms with Gasteiger partial charge in [-0.2, -0.15) is 0 Å². The van der Waals surface area contributed by atoms with Crippen LogP contribution in [-0.4, -0.2) is 13.0 Å². The molecule has 0 fully saturated rings. The van der Waals surface area contributed by atoms with Crippen LogP contribution in [-0.2, 0) is 17.9 Å². The Bertz CT molecular complexity index is 685. The number of methoxy groups -OCH3 is 1. The van der Waals surface area contributed by atoms with Gasteiger partial charge in [-0.05, 0) is 54.7 Å². The molecule has 4 heteroatoms. The summed E-state index contributed by atoms with van der Waals surface area (Å²) < 4.78 is 5.41. The van der Waals surface area contributed by atoms with Crippen LogP contribution < -0.4 is 15.4 Å². The van der Waals surface area contributed by atoms with Crippen LogP contribution in [0.4, 0.5) is 5.69 Å². The summed E-state index contributed by atoms with van der Waals surface area (Å²) in [7, 11) is 1.71. The smallest absolute Gasteiger partial charge is 0.224 e. The van der Waals surface area contributed by atoms with Gasteiger partial charge in [-0.15, -0.1) is 0 Å². The highest BCUT2D eigenvalue weighted by atomic mass is 16.5. The summed E-state index contributed by atoms with van der Waals surface area (Å²) in [5, 5.41) is 6.37. The molecule has 0 atom stereocenters. The van der Waals surface area contributed by atoms with Gasteiger partial charge in [0.05, 0.1) is 7.11 Å². The summed E-state index contributed by atoms with van der Waals surface area (Å²) in [6, 6.07) is 12.3. The summed E-state index contributed by atoms with van der Waals surface area (Å²) in [4.78, 5) is 11.6. The molecule has 2 N–H and O–H groups in total. The van der Waals surface area contributed by atoms with Gasteiger partial charge in [-0.3, -0.25) is 4.79 Å². The Balaban J connectivity index is 1.87. The number of rotatable bonds is 8. The summed E-state index contributed by atoms with van der Waals surface area (Å²) in [6.07, 6.45) is 1.42. The number of ether oxygens (including phenoxy) is 1. The zero-order valence-electron chi connectivity index (χ0n) is 15.6. The van der Waals surface area contributed by atoms with Crippen molar-refractivity contribution in [2.75, 3.05) is 12.4 Å². The maximum atomic E-state index is 11.6. The molecule has 2 aromatic carbocycles. The van der Waals surface area contributed by atoms with Crippen LogP contribution >= 0.6 is 0 Å². The molecule has 0 aliphatic carbocycles. The standard InChI is InChI=1S/C21H28N2O2/c1-5-6-20(24)23-19-9-7-17(8-10-19)13-22-14-18-11-15(2)21(25-4)16(3)12-18/h7-12,22H,5-6,13-14H2,1-4H3,(H,23,24). The Labute approximate surface area is 150 Å². The second-order valence-corrected chi connectivity index (χ2v) is 6.36. The zero-order chi connectivity index (χ0) is 18.2. The zero-order valence-corrected chi connectivity index (χ0v) is 15.6. The minimum atomic E-state index is 0.0682. The number of hydrogen-bond donors (Lipinski definition) is 2. The number of amides is 1. The van der Waals surface area contributed by atoms with Gasteiger partial charge in [0.15, 0.2) is 0 Å². The minimum absolute atomic E-state index is 0.0682. The van der Waals surface area contributed by atoms with E-state index >= 15 is 0 Å². The van der Waals surface area contributed by atoms with Crippen LogP contribution in [0.25, 0.3) is 0 Å². The van der Waals surface area contributed by atoms with Crippen molar-refractivity contribution in [3.05, 3.63) is 58.7 Å². The highest BCUT2D eigenvalue weighted by molar-refractivity contribution is 5.90. The second kappa shape index (κ2) is 9.23. The molecule has 0 radical (unpaired) electrons. The van der Waals surface area contributed by atoms with E-state index < -0.39 is 0 Å². The van der Waals surface area contributed by atoms with Crippen LogP contribution in [0.1, 0.15) is 42.0 Å². The highest BCUT2D eigenvalue weighted by Gasteiger charge is 2.05. The van der Waals surface area contributed by atoms with Gasteiger partial charge in [0.2, 0.25) is 5.91 Å². The van der Waals surface area contributed by atoms with Gasteiger partial charge in [-0.1, -0.05) is 31.2 Å². The van der Waals surface area contributed by atoms with E-state index in [-0.39, 0.29) is 5.91 Å². The van der Waals surface area contributed by atoms with Crippen molar-refractivity contribution in [2.45, 2.75) is 46.7 Å². The first-order valence-electron chi connectivity index (χ1n) is 8.77. The lowest BCUT2D eigenvalue weighted by molar-refractivity contribution is -0.116. The fourth-order valence-corrected chi connectivity index (χ4v) is 2.97.